The Kier molecular flexibility index (Phi) is 3.93. The summed E-state index contributed by atoms with van der Waals surface area (Å²) in [5, 5.41) is 1.52. The van der Waals surface area contributed by atoms with Gasteiger partial charge in [-0.15, -0.1) is 0 Å². The molecule has 0 aliphatic rings. The Labute approximate surface area is 128 Å². The second-order valence-electron chi connectivity index (χ2n) is 4.60. The number of pyridine rings is 1. The minimum absolute atomic E-state index is 0.365. The lowest BCUT2D eigenvalue weighted by Crippen LogP contribution is -1.98. The summed E-state index contributed by atoms with van der Waals surface area (Å²) < 4.78 is 10.9. The van der Waals surface area contributed by atoms with Gasteiger partial charge in [-0.25, -0.2) is 4.98 Å². The number of para-hydroxylation sites is 1. The molecule has 1 heterocycles. The highest BCUT2D eigenvalue weighted by Gasteiger charge is 2.06. The minimum atomic E-state index is 0.365. The number of rotatable bonds is 4. The number of hydrogen-bond donors (Lipinski definition) is 0. The van der Waals surface area contributed by atoms with Crippen molar-refractivity contribution in [2.24, 2.45) is 0 Å². The van der Waals surface area contributed by atoms with E-state index in [4.69, 9.17) is 21.1 Å². The average Bonchev–Trinajstić information content (AvgIpc) is 2.53. The summed E-state index contributed by atoms with van der Waals surface area (Å²) in [4.78, 5) is 4.38. The maximum absolute atomic E-state index is 6.21. The van der Waals surface area contributed by atoms with Gasteiger partial charge in [0.25, 0.3) is 0 Å². The van der Waals surface area contributed by atoms with Crippen LogP contribution in [0.25, 0.3) is 10.9 Å². The Balaban J connectivity index is 1.82. The monoisotopic (exact) mass is 299 g/mol. The van der Waals surface area contributed by atoms with Crippen LogP contribution in [-0.2, 0) is 6.61 Å². The summed E-state index contributed by atoms with van der Waals surface area (Å²) in [6.45, 7) is 0.365. The van der Waals surface area contributed by atoms with E-state index in [0.717, 1.165) is 28.0 Å². The van der Waals surface area contributed by atoms with E-state index in [0.29, 0.717) is 11.8 Å². The first-order valence-corrected chi connectivity index (χ1v) is 6.95. The molecule has 0 fully saturated rings. The molecule has 0 spiro atoms. The van der Waals surface area contributed by atoms with Gasteiger partial charge in [0.2, 0.25) is 0 Å². The normalized spacial score (nSPS) is 10.6. The van der Waals surface area contributed by atoms with Crippen LogP contribution in [-0.4, -0.2) is 12.1 Å². The lowest BCUT2D eigenvalue weighted by atomic mass is 10.2. The van der Waals surface area contributed by atoms with E-state index in [1.807, 2.05) is 54.6 Å². The van der Waals surface area contributed by atoms with Crippen molar-refractivity contribution < 1.29 is 9.47 Å². The number of halogens is 1. The SMILES string of the molecule is COc1cccc(OCc2cc3ccccc3nc2Cl)c1. The molecule has 3 rings (SSSR count). The van der Waals surface area contributed by atoms with Gasteiger partial charge in [0.05, 0.1) is 12.6 Å². The van der Waals surface area contributed by atoms with Crippen LogP contribution in [0.5, 0.6) is 11.5 Å². The molecule has 0 radical (unpaired) electrons. The van der Waals surface area contributed by atoms with E-state index in [-0.39, 0.29) is 0 Å². The molecule has 0 unspecified atom stereocenters. The zero-order valence-corrected chi connectivity index (χ0v) is 12.3. The highest BCUT2D eigenvalue weighted by Crippen LogP contribution is 2.24. The quantitative estimate of drug-likeness (QED) is 0.666. The smallest absolute Gasteiger partial charge is 0.136 e. The molecule has 1 aromatic heterocycles. The third-order valence-corrected chi connectivity index (χ3v) is 3.51. The van der Waals surface area contributed by atoms with Crippen molar-refractivity contribution in [2.45, 2.75) is 6.61 Å². The number of aromatic nitrogens is 1. The second kappa shape index (κ2) is 6.02. The van der Waals surface area contributed by atoms with Gasteiger partial charge in [-0.3, -0.25) is 0 Å². The summed E-state index contributed by atoms with van der Waals surface area (Å²) in [7, 11) is 1.63. The molecule has 3 nitrogen and oxygen atoms in total. The molecule has 0 N–H and O–H groups in total. The number of benzene rings is 2. The topological polar surface area (TPSA) is 31.4 Å². The number of hydrogen-bond acceptors (Lipinski definition) is 3. The third-order valence-electron chi connectivity index (χ3n) is 3.19. The number of methoxy groups -OCH3 is 1. The molecular formula is C17H14ClNO2. The van der Waals surface area contributed by atoms with Crippen LogP contribution in [0.2, 0.25) is 5.15 Å². The Morgan fingerprint density at radius 2 is 1.81 bits per heavy atom. The molecule has 2 aromatic carbocycles. The van der Waals surface area contributed by atoms with Gasteiger partial charge in [-0.1, -0.05) is 35.9 Å². The molecular weight excluding hydrogens is 286 g/mol. The Hall–Kier alpha value is -2.26. The van der Waals surface area contributed by atoms with Crippen LogP contribution in [0.4, 0.5) is 0 Å². The van der Waals surface area contributed by atoms with Crippen LogP contribution in [0.15, 0.2) is 54.6 Å². The van der Waals surface area contributed by atoms with Crippen LogP contribution in [0, 0.1) is 0 Å². The van der Waals surface area contributed by atoms with Gasteiger partial charge in [0.15, 0.2) is 0 Å². The van der Waals surface area contributed by atoms with E-state index < -0.39 is 0 Å². The summed E-state index contributed by atoms with van der Waals surface area (Å²) in [6, 6.07) is 17.3. The molecule has 0 saturated carbocycles. The van der Waals surface area contributed by atoms with Crippen LogP contribution in [0.1, 0.15) is 5.56 Å². The van der Waals surface area contributed by atoms with Gasteiger partial charge in [-0.2, -0.15) is 0 Å². The molecule has 21 heavy (non-hydrogen) atoms. The summed E-state index contributed by atoms with van der Waals surface area (Å²) >= 11 is 6.21. The van der Waals surface area contributed by atoms with Crippen molar-refractivity contribution >= 4 is 22.5 Å². The lowest BCUT2D eigenvalue weighted by Gasteiger charge is -2.09. The predicted molar refractivity (Wildman–Crippen MR) is 84.1 cm³/mol. The fourth-order valence-corrected chi connectivity index (χ4v) is 2.29. The first-order valence-electron chi connectivity index (χ1n) is 6.57. The molecule has 0 aliphatic heterocycles. The Bertz CT molecular complexity index is 774. The molecule has 106 valence electrons. The standard InChI is InChI=1S/C17H14ClNO2/c1-20-14-6-4-7-15(10-14)21-11-13-9-12-5-2-3-8-16(12)19-17(13)18/h2-10H,11H2,1H3. The van der Waals surface area contributed by atoms with Gasteiger partial charge >= 0.3 is 0 Å². The van der Waals surface area contributed by atoms with Crippen molar-refractivity contribution in [2.75, 3.05) is 7.11 Å². The first-order chi connectivity index (χ1) is 10.3. The highest BCUT2D eigenvalue weighted by molar-refractivity contribution is 6.30. The summed E-state index contributed by atoms with van der Waals surface area (Å²) in [5.74, 6) is 1.49. The molecule has 0 amide bonds. The highest BCUT2D eigenvalue weighted by atomic mass is 35.5. The number of ether oxygens (including phenoxy) is 2. The maximum atomic E-state index is 6.21. The van der Waals surface area contributed by atoms with E-state index in [2.05, 4.69) is 4.98 Å². The molecule has 0 atom stereocenters. The third kappa shape index (κ3) is 3.09. The largest absolute Gasteiger partial charge is 0.497 e. The van der Waals surface area contributed by atoms with Gasteiger partial charge < -0.3 is 9.47 Å². The van der Waals surface area contributed by atoms with E-state index in [1.54, 1.807) is 7.11 Å². The fourth-order valence-electron chi connectivity index (χ4n) is 2.09. The molecule has 0 aliphatic carbocycles. The van der Waals surface area contributed by atoms with E-state index in [9.17, 15) is 0 Å². The number of nitrogens with zero attached hydrogens (tertiary/aromatic N) is 1. The van der Waals surface area contributed by atoms with Crippen LogP contribution >= 0.6 is 11.6 Å². The molecule has 3 aromatic rings. The zero-order valence-electron chi connectivity index (χ0n) is 11.5. The van der Waals surface area contributed by atoms with E-state index in [1.165, 1.54) is 0 Å². The second-order valence-corrected chi connectivity index (χ2v) is 4.96. The molecule has 0 bridgehead atoms. The average molecular weight is 300 g/mol. The molecule has 4 heteroatoms. The Morgan fingerprint density at radius 1 is 1.00 bits per heavy atom. The first kappa shape index (κ1) is 13.7. The van der Waals surface area contributed by atoms with Gasteiger partial charge in [0.1, 0.15) is 23.3 Å². The Morgan fingerprint density at radius 3 is 2.67 bits per heavy atom. The van der Waals surface area contributed by atoms with Crippen LogP contribution < -0.4 is 9.47 Å². The van der Waals surface area contributed by atoms with Crippen molar-refractivity contribution in [3.63, 3.8) is 0 Å². The van der Waals surface area contributed by atoms with Gasteiger partial charge in [-0.05, 0) is 24.3 Å². The van der Waals surface area contributed by atoms with Gasteiger partial charge in [0, 0.05) is 17.0 Å². The van der Waals surface area contributed by atoms with Crippen molar-refractivity contribution in [1.82, 2.24) is 4.98 Å². The summed E-state index contributed by atoms with van der Waals surface area (Å²) in [5.41, 5.74) is 1.74. The zero-order chi connectivity index (χ0) is 14.7. The predicted octanol–water partition coefficient (Wildman–Crippen LogP) is 4.48. The van der Waals surface area contributed by atoms with Crippen molar-refractivity contribution in [3.8, 4) is 11.5 Å². The van der Waals surface area contributed by atoms with Crippen LogP contribution in [0.3, 0.4) is 0 Å². The summed E-state index contributed by atoms with van der Waals surface area (Å²) in [6.07, 6.45) is 0. The fraction of sp³-hybridized carbons (Fsp3) is 0.118. The van der Waals surface area contributed by atoms with Crippen molar-refractivity contribution in [1.29, 1.82) is 0 Å². The molecule has 0 saturated heterocycles. The minimum Gasteiger partial charge on any atom is -0.497 e. The maximum Gasteiger partial charge on any atom is 0.136 e. The number of fused-ring (bicyclic) bond motifs is 1. The van der Waals surface area contributed by atoms with E-state index >= 15 is 0 Å². The van der Waals surface area contributed by atoms with Crippen molar-refractivity contribution in [3.05, 3.63) is 65.3 Å². The lowest BCUT2D eigenvalue weighted by molar-refractivity contribution is 0.303.